The Hall–Kier alpha value is -2.87. The lowest BCUT2D eigenvalue weighted by Gasteiger charge is -2.17. The van der Waals surface area contributed by atoms with Gasteiger partial charge < -0.3 is 14.3 Å². The van der Waals surface area contributed by atoms with E-state index < -0.39 is 17.9 Å². The third-order valence-corrected chi connectivity index (χ3v) is 5.47. The zero-order valence-corrected chi connectivity index (χ0v) is 17.0. The molecule has 2 aromatic rings. The van der Waals surface area contributed by atoms with Gasteiger partial charge in [-0.2, -0.15) is 0 Å². The Balaban J connectivity index is 1.71. The van der Waals surface area contributed by atoms with Crippen LogP contribution in [0.25, 0.3) is 0 Å². The SMILES string of the molecule is COc1ccc(C2=NO[C@@H]3C(=O)N(c4ccc(C)cc4Br)C(=O)[C@H]23)cc1OC. The number of amides is 2. The second-order valence-electron chi connectivity index (χ2n) is 6.52. The Morgan fingerprint density at radius 3 is 2.46 bits per heavy atom. The quantitative estimate of drug-likeness (QED) is 0.677. The summed E-state index contributed by atoms with van der Waals surface area (Å²) in [5, 5.41) is 4.03. The van der Waals surface area contributed by atoms with E-state index in [2.05, 4.69) is 21.1 Å². The molecule has 2 amide bonds. The largest absolute Gasteiger partial charge is 0.493 e. The van der Waals surface area contributed by atoms with Crippen LogP contribution in [0.3, 0.4) is 0 Å². The monoisotopic (exact) mass is 444 g/mol. The van der Waals surface area contributed by atoms with Gasteiger partial charge in [0, 0.05) is 10.0 Å². The third kappa shape index (κ3) is 2.75. The molecule has 2 aromatic carbocycles. The predicted molar refractivity (Wildman–Crippen MR) is 106 cm³/mol. The van der Waals surface area contributed by atoms with Gasteiger partial charge in [-0.3, -0.25) is 9.59 Å². The molecule has 0 spiro atoms. The highest BCUT2D eigenvalue weighted by Crippen LogP contribution is 2.39. The zero-order chi connectivity index (χ0) is 20.0. The molecule has 28 heavy (non-hydrogen) atoms. The number of methoxy groups -OCH3 is 2. The average molecular weight is 445 g/mol. The number of hydrogen-bond donors (Lipinski definition) is 0. The van der Waals surface area contributed by atoms with Crippen LogP contribution in [0.5, 0.6) is 11.5 Å². The minimum atomic E-state index is -0.969. The average Bonchev–Trinajstić information content (AvgIpc) is 3.22. The van der Waals surface area contributed by atoms with Gasteiger partial charge in [-0.05, 0) is 58.7 Å². The van der Waals surface area contributed by atoms with Gasteiger partial charge in [-0.15, -0.1) is 0 Å². The summed E-state index contributed by atoms with van der Waals surface area (Å²) in [6.07, 6.45) is -0.969. The normalized spacial score (nSPS) is 20.7. The summed E-state index contributed by atoms with van der Waals surface area (Å²) in [5.74, 6) is -0.550. The maximum atomic E-state index is 13.2. The molecule has 4 rings (SSSR count). The zero-order valence-electron chi connectivity index (χ0n) is 15.4. The molecule has 2 atom stereocenters. The van der Waals surface area contributed by atoms with Crippen LogP contribution in [0.4, 0.5) is 5.69 Å². The van der Waals surface area contributed by atoms with Crippen LogP contribution in [0.15, 0.2) is 46.0 Å². The van der Waals surface area contributed by atoms with Crippen LogP contribution in [-0.2, 0) is 14.4 Å². The van der Waals surface area contributed by atoms with Crippen LogP contribution in [-0.4, -0.2) is 37.8 Å². The first kappa shape index (κ1) is 18.5. The van der Waals surface area contributed by atoms with E-state index in [1.807, 2.05) is 19.1 Å². The summed E-state index contributed by atoms with van der Waals surface area (Å²) >= 11 is 3.44. The number of oxime groups is 1. The minimum absolute atomic E-state index is 0.370. The first-order valence-electron chi connectivity index (χ1n) is 8.56. The fraction of sp³-hybridized carbons (Fsp3) is 0.250. The summed E-state index contributed by atoms with van der Waals surface area (Å²) in [5.41, 5.74) is 2.54. The lowest BCUT2D eigenvalue weighted by Crippen LogP contribution is -2.33. The Morgan fingerprint density at radius 2 is 1.79 bits per heavy atom. The molecular weight excluding hydrogens is 428 g/mol. The van der Waals surface area contributed by atoms with Crippen LogP contribution in [0, 0.1) is 12.8 Å². The van der Waals surface area contributed by atoms with Crippen molar-refractivity contribution in [3.63, 3.8) is 0 Å². The van der Waals surface area contributed by atoms with Gasteiger partial charge in [0.05, 0.1) is 19.9 Å². The van der Waals surface area contributed by atoms with E-state index in [9.17, 15) is 9.59 Å². The lowest BCUT2D eigenvalue weighted by atomic mass is 9.94. The molecule has 0 bridgehead atoms. The number of imide groups is 1. The first-order chi connectivity index (χ1) is 13.5. The molecule has 0 radical (unpaired) electrons. The van der Waals surface area contributed by atoms with E-state index in [1.54, 1.807) is 31.4 Å². The van der Waals surface area contributed by atoms with Gasteiger partial charge in [-0.1, -0.05) is 11.2 Å². The van der Waals surface area contributed by atoms with Crippen molar-refractivity contribution in [3.8, 4) is 11.5 Å². The molecule has 7 nitrogen and oxygen atoms in total. The maximum absolute atomic E-state index is 13.2. The molecule has 0 unspecified atom stereocenters. The van der Waals surface area contributed by atoms with E-state index in [0.29, 0.717) is 32.9 Å². The van der Waals surface area contributed by atoms with Crippen LogP contribution >= 0.6 is 15.9 Å². The molecule has 1 saturated heterocycles. The van der Waals surface area contributed by atoms with E-state index in [4.69, 9.17) is 14.3 Å². The summed E-state index contributed by atoms with van der Waals surface area (Å²) in [4.78, 5) is 32.6. The van der Waals surface area contributed by atoms with Crippen molar-refractivity contribution in [1.29, 1.82) is 0 Å². The predicted octanol–water partition coefficient (Wildman–Crippen LogP) is 3.07. The second-order valence-corrected chi connectivity index (χ2v) is 7.37. The van der Waals surface area contributed by atoms with Crippen molar-refractivity contribution >= 4 is 39.1 Å². The molecule has 0 saturated carbocycles. The summed E-state index contributed by atoms with van der Waals surface area (Å²) in [7, 11) is 3.07. The molecule has 0 N–H and O–H groups in total. The number of nitrogens with zero attached hydrogens (tertiary/aromatic N) is 2. The van der Waals surface area contributed by atoms with Gasteiger partial charge in [0.1, 0.15) is 11.6 Å². The standard InChI is InChI=1S/C20H17BrN2O5/c1-10-4-6-13(12(21)8-10)23-19(24)16-17(22-28-18(16)20(23)25)11-5-7-14(26-2)15(9-11)27-3/h4-9,16,18H,1-3H3/t16-,18+/m1/s1. The Bertz CT molecular complexity index is 1020. The van der Waals surface area contributed by atoms with Crippen molar-refractivity contribution < 1.29 is 23.9 Å². The number of anilines is 1. The highest BCUT2D eigenvalue weighted by Gasteiger charge is 2.56. The van der Waals surface area contributed by atoms with Gasteiger partial charge in [0.2, 0.25) is 12.0 Å². The van der Waals surface area contributed by atoms with Crippen molar-refractivity contribution in [2.75, 3.05) is 19.1 Å². The van der Waals surface area contributed by atoms with E-state index in [-0.39, 0.29) is 5.91 Å². The Kier molecular flexibility index (Phi) is 4.58. The number of aryl methyl sites for hydroxylation is 1. The van der Waals surface area contributed by atoms with Crippen LogP contribution < -0.4 is 14.4 Å². The van der Waals surface area contributed by atoms with E-state index in [1.165, 1.54) is 7.11 Å². The lowest BCUT2D eigenvalue weighted by molar-refractivity contribution is -0.126. The van der Waals surface area contributed by atoms with Gasteiger partial charge in [0.25, 0.3) is 5.91 Å². The molecular formula is C20H17BrN2O5. The third-order valence-electron chi connectivity index (χ3n) is 4.84. The van der Waals surface area contributed by atoms with Gasteiger partial charge >= 0.3 is 0 Å². The number of hydrogen-bond acceptors (Lipinski definition) is 6. The van der Waals surface area contributed by atoms with Crippen LogP contribution in [0.1, 0.15) is 11.1 Å². The molecule has 8 heteroatoms. The summed E-state index contributed by atoms with van der Waals surface area (Å²) in [6, 6.07) is 10.6. The number of carbonyl (C=O) groups excluding carboxylic acids is 2. The molecule has 2 aliphatic rings. The van der Waals surface area contributed by atoms with Crippen molar-refractivity contribution in [3.05, 3.63) is 52.0 Å². The fourth-order valence-electron chi connectivity index (χ4n) is 3.44. The Morgan fingerprint density at radius 1 is 1.04 bits per heavy atom. The number of ether oxygens (including phenoxy) is 2. The topological polar surface area (TPSA) is 77.4 Å². The fourth-order valence-corrected chi connectivity index (χ4v) is 4.11. The Labute approximate surface area is 170 Å². The summed E-state index contributed by atoms with van der Waals surface area (Å²) in [6.45, 7) is 1.93. The number of carbonyl (C=O) groups is 2. The van der Waals surface area contributed by atoms with Crippen molar-refractivity contribution in [2.24, 2.45) is 11.1 Å². The second kappa shape index (κ2) is 6.94. The number of halogens is 1. The highest BCUT2D eigenvalue weighted by molar-refractivity contribution is 9.10. The molecule has 2 heterocycles. The smallest absolute Gasteiger partial charge is 0.279 e. The van der Waals surface area contributed by atoms with Gasteiger partial charge in [0.15, 0.2) is 11.5 Å². The van der Waals surface area contributed by atoms with Crippen molar-refractivity contribution in [1.82, 2.24) is 0 Å². The van der Waals surface area contributed by atoms with E-state index in [0.717, 1.165) is 10.5 Å². The molecule has 2 aliphatic heterocycles. The minimum Gasteiger partial charge on any atom is -0.493 e. The summed E-state index contributed by atoms with van der Waals surface area (Å²) < 4.78 is 11.2. The highest BCUT2D eigenvalue weighted by atomic mass is 79.9. The molecule has 1 fully saturated rings. The molecule has 0 aromatic heterocycles. The van der Waals surface area contributed by atoms with Crippen LogP contribution in [0.2, 0.25) is 0 Å². The number of rotatable bonds is 4. The maximum Gasteiger partial charge on any atom is 0.279 e. The first-order valence-corrected chi connectivity index (χ1v) is 9.35. The van der Waals surface area contributed by atoms with Gasteiger partial charge in [-0.25, -0.2) is 4.90 Å². The number of fused-ring (bicyclic) bond motifs is 1. The molecule has 0 aliphatic carbocycles. The van der Waals surface area contributed by atoms with E-state index >= 15 is 0 Å². The number of benzene rings is 2. The van der Waals surface area contributed by atoms with Crippen molar-refractivity contribution in [2.45, 2.75) is 13.0 Å². The molecule has 144 valence electrons.